The molecule has 2 rings (SSSR count). The van der Waals surface area contributed by atoms with Gasteiger partial charge in [0.05, 0.1) is 13.2 Å². The highest BCUT2D eigenvalue weighted by atomic mass is 35.5. The van der Waals surface area contributed by atoms with Gasteiger partial charge in [-0.3, -0.25) is 0 Å². The van der Waals surface area contributed by atoms with Crippen LogP contribution in [0.25, 0.3) is 0 Å². The minimum Gasteiger partial charge on any atom is -0.467 e. The van der Waals surface area contributed by atoms with Crippen LogP contribution < -0.4 is 10.1 Å². The Morgan fingerprint density at radius 1 is 1.26 bits per heavy atom. The van der Waals surface area contributed by atoms with E-state index in [1.165, 1.54) is 7.11 Å². The Hall–Kier alpha value is -1.92. The Kier molecular flexibility index (Phi) is 4.48. The molecule has 1 heterocycles. The summed E-state index contributed by atoms with van der Waals surface area (Å²) in [5.41, 5.74) is 0.808. The third-order valence-electron chi connectivity index (χ3n) is 2.41. The second-order valence-corrected chi connectivity index (χ2v) is 4.06. The monoisotopic (exact) mass is 280 g/mol. The molecule has 0 bridgehead atoms. The zero-order valence-corrected chi connectivity index (χ0v) is 11.0. The molecule has 0 saturated heterocycles. The molecule has 19 heavy (non-hydrogen) atoms. The molecule has 1 atom stereocenters. The highest BCUT2D eigenvalue weighted by Gasteiger charge is 2.09. The molecule has 0 radical (unpaired) electrons. The number of methoxy groups -OCH3 is 1. The second-order valence-electron chi connectivity index (χ2n) is 3.72. The van der Waals surface area contributed by atoms with Gasteiger partial charge in [-0.1, -0.05) is 30.3 Å². The van der Waals surface area contributed by atoms with Gasteiger partial charge in [-0.05, 0) is 17.2 Å². The molecule has 0 aliphatic heterocycles. The number of aliphatic hydroxyl groups excluding tert-OH is 1. The van der Waals surface area contributed by atoms with E-state index in [1.807, 2.05) is 30.3 Å². The molecular formula is C12H13ClN4O2. The van der Waals surface area contributed by atoms with Crippen molar-refractivity contribution in [1.82, 2.24) is 15.0 Å². The molecule has 0 fully saturated rings. The van der Waals surface area contributed by atoms with Crippen molar-refractivity contribution in [3.8, 4) is 6.01 Å². The minimum atomic E-state index is -0.664. The van der Waals surface area contributed by atoms with Gasteiger partial charge in [0.1, 0.15) is 0 Å². The first-order valence-electron chi connectivity index (χ1n) is 5.61. The Morgan fingerprint density at radius 3 is 2.68 bits per heavy atom. The molecule has 0 amide bonds. The van der Waals surface area contributed by atoms with E-state index in [0.29, 0.717) is 0 Å². The summed E-state index contributed by atoms with van der Waals surface area (Å²) in [6.45, 7) is 0.257. The van der Waals surface area contributed by atoms with Crippen LogP contribution in [-0.4, -0.2) is 33.7 Å². The van der Waals surface area contributed by atoms with Crippen molar-refractivity contribution in [3.05, 3.63) is 41.2 Å². The van der Waals surface area contributed by atoms with Gasteiger partial charge in [-0.15, -0.1) is 0 Å². The van der Waals surface area contributed by atoms with Crippen LogP contribution in [0.5, 0.6) is 6.01 Å². The number of nitrogens with zero attached hydrogens (tertiary/aromatic N) is 3. The van der Waals surface area contributed by atoms with E-state index in [9.17, 15) is 5.11 Å². The molecule has 100 valence electrons. The lowest BCUT2D eigenvalue weighted by atomic mass is 10.1. The second kappa shape index (κ2) is 6.31. The van der Waals surface area contributed by atoms with Crippen LogP contribution in [0.15, 0.2) is 30.3 Å². The number of benzene rings is 1. The Bertz CT molecular complexity index is 539. The summed E-state index contributed by atoms with van der Waals surface area (Å²) < 4.78 is 4.88. The fourth-order valence-corrected chi connectivity index (χ4v) is 1.64. The van der Waals surface area contributed by atoms with E-state index < -0.39 is 6.10 Å². The van der Waals surface area contributed by atoms with Crippen LogP contribution in [-0.2, 0) is 0 Å². The molecule has 1 aromatic heterocycles. The number of anilines is 1. The lowest BCUT2D eigenvalue weighted by Gasteiger charge is -2.12. The molecule has 6 nitrogen and oxygen atoms in total. The van der Waals surface area contributed by atoms with Crippen LogP contribution in [0.4, 0.5) is 5.95 Å². The molecule has 2 aromatic rings. The maximum atomic E-state index is 9.98. The molecule has 0 saturated carbocycles. The fourth-order valence-electron chi connectivity index (χ4n) is 1.48. The lowest BCUT2D eigenvalue weighted by molar-refractivity contribution is 0.191. The Balaban J connectivity index is 2.01. The predicted molar refractivity (Wildman–Crippen MR) is 71.3 cm³/mol. The van der Waals surface area contributed by atoms with E-state index in [-0.39, 0.29) is 23.8 Å². The Morgan fingerprint density at radius 2 is 2.00 bits per heavy atom. The van der Waals surface area contributed by atoms with Gasteiger partial charge < -0.3 is 15.2 Å². The van der Waals surface area contributed by atoms with Crippen molar-refractivity contribution in [1.29, 1.82) is 0 Å². The van der Waals surface area contributed by atoms with Gasteiger partial charge in [0, 0.05) is 6.54 Å². The van der Waals surface area contributed by atoms with Crippen LogP contribution in [0.2, 0.25) is 5.28 Å². The molecule has 1 unspecified atom stereocenters. The van der Waals surface area contributed by atoms with Crippen molar-refractivity contribution >= 4 is 17.5 Å². The molecule has 0 spiro atoms. The van der Waals surface area contributed by atoms with Crippen molar-refractivity contribution in [2.75, 3.05) is 19.0 Å². The Labute approximate surface area is 115 Å². The number of hydrogen-bond acceptors (Lipinski definition) is 6. The summed E-state index contributed by atoms with van der Waals surface area (Å²) in [5.74, 6) is 0.256. The number of nitrogens with one attached hydrogen (secondary N) is 1. The molecule has 7 heteroatoms. The molecular weight excluding hydrogens is 268 g/mol. The van der Waals surface area contributed by atoms with Crippen molar-refractivity contribution in [2.45, 2.75) is 6.10 Å². The number of hydrogen-bond donors (Lipinski definition) is 2. The summed E-state index contributed by atoms with van der Waals surface area (Å²) >= 11 is 5.72. The minimum absolute atomic E-state index is 0.0311. The van der Waals surface area contributed by atoms with Crippen molar-refractivity contribution < 1.29 is 9.84 Å². The van der Waals surface area contributed by atoms with Crippen molar-refractivity contribution in [3.63, 3.8) is 0 Å². The van der Waals surface area contributed by atoms with Crippen LogP contribution in [0.3, 0.4) is 0 Å². The van der Waals surface area contributed by atoms with Crippen LogP contribution in [0, 0.1) is 0 Å². The lowest BCUT2D eigenvalue weighted by Crippen LogP contribution is -2.14. The average Bonchev–Trinajstić information content (AvgIpc) is 2.45. The van der Waals surface area contributed by atoms with Gasteiger partial charge >= 0.3 is 6.01 Å². The fraction of sp³-hybridized carbons (Fsp3) is 0.250. The van der Waals surface area contributed by atoms with Gasteiger partial charge in [0.15, 0.2) is 0 Å². The number of aromatic nitrogens is 3. The zero-order chi connectivity index (χ0) is 13.7. The third-order valence-corrected chi connectivity index (χ3v) is 2.58. The first kappa shape index (κ1) is 13.5. The molecule has 0 aliphatic carbocycles. The largest absolute Gasteiger partial charge is 0.467 e. The maximum absolute atomic E-state index is 9.98. The number of ether oxygens (including phenoxy) is 1. The number of aliphatic hydroxyl groups is 1. The van der Waals surface area contributed by atoms with Gasteiger partial charge in [0.25, 0.3) is 0 Å². The average molecular weight is 281 g/mol. The maximum Gasteiger partial charge on any atom is 0.322 e. The number of halogens is 1. The van der Waals surface area contributed by atoms with Gasteiger partial charge in [0.2, 0.25) is 11.2 Å². The molecule has 2 N–H and O–H groups in total. The van der Waals surface area contributed by atoms with Gasteiger partial charge in [-0.25, -0.2) is 0 Å². The highest BCUT2D eigenvalue weighted by Crippen LogP contribution is 2.14. The summed E-state index contributed by atoms with van der Waals surface area (Å²) in [6.07, 6.45) is -0.664. The molecule has 0 aliphatic rings. The summed E-state index contributed by atoms with van der Waals surface area (Å²) in [4.78, 5) is 11.6. The zero-order valence-electron chi connectivity index (χ0n) is 10.2. The van der Waals surface area contributed by atoms with Crippen LogP contribution in [0.1, 0.15) is 11.7 Å². The van der Waals surface area contributed by atoms with E-state index in [1.54, 1.807) is 0 Å². The first-order valence-corrected chi connectivity index (χ1v) is 5.99. The first-order chi connectivity index (χ1) is 9.19. The summed E-state index contributed by atoms with van der Waals surface area (Å²) in [5, 5.41) is 12.9. The van der Waals surface area contributed by atoms with E-state index in [4.69, 9.17) is 16.3 Å². The highest BCUT2D eigenvalue weighted by molar-refractivity contribution is 6.28. The predicted octanol–water partition coefficient (Wildman–Crippen LogP) is 1.68. The number of rotatable bonds is 5. The van der Waals surface area contributed by atoms with E-state index in [0.717, 1.165) is 5.56 Å². The van der Waals surface area contributed by atoms with E-state index >= 15 is 0 Å². The van der Waals surface area contributed by atoms with E-state index in [2.05, 4.69) is 20.3 Å². The van der Waals surface area contributed by atoms with Gasteiger partial charge in [-0.2, -0.15) is 15.0 Å². The molecule has 1 aromatic carbocycles. The smallest absolute Gasteiger partial charge is 0.322 e. The third kappa shape index (κ3) is 3.77. The summed E-state index contributed by atoms with van der Waals surface area (Å²) in [6, 6.07) is 9.42. The van der Waals surface area contributed by atoms with Crippen LogP contribution >= 0.6 is 11.6 Å². The topological polar surface area (TPSA) is 80.2 Å². The SMILES string of the molecule is COc1nc(Cl)nc(NCC(O)c2ccccc2)n1. The quantitative estimate of drug-likeness (QED) is 0.867. The standard InChI is InChI=1S/C12H13ClN4O2/c1-19-12-16-10(13)15-11(17-12)14-7-9(18)8-5-3-2-4-6-8/h2-6,9,18H,7H2,1H3,(H,14,15,16,17). The van der Waals surface area contributed by atoms with Crippen molar-refractivity contribution in [2.24, 2.45) is 0 Å². The normalized spacial score (nSPS) is 11.9. The summed E-state index contributed by atoms with van der Waals surface area (Å²) in [7, 11) is 1.44.